The fourth-order valence-corrected chi connectivity index (χ4v) is 4.03. The Labute approximate surface area is 156 Å². The van der Waals surface area contributed by atoms with Gasteiger partial charge in [0.1, 0.15) is 11.8 Å². The molecule has 0 spiro atoms. The summed E-state index contributed by atoms with van der Waals surface area (Å²) in [5.74, 6) is 0.792. The third kappa shape index (κ3) is 4.37. The van der Waals surface area contributed by atoms with E-state index in [9.17, 15) is 9.59 Å². The van der Waals surface area contributed by atoms with Crippen molar-refractivity contribution < 1.29 is 14.3 Å². The Bertz CT molecular complexity index is 659. The largest absolute Gasteiger partial charge is 0.483 e. The first-order chi connectivity index (χ1) is 12.3. The average molecular weight is 358 g/mol. The van der Waals surface area contributed by atoms with Gasteiger partial charge < -0.3 is 15.0 Å². The highest BCUT2D eigenvalue weighted by Crippen LogP contribution is 2.32. The lowest BCUT2D eigenvalue weighted by Gasteiger charge is -2.38. The number of nitrogens with one attached hydrogen (secondary N) is 1. The molecule has 5 nitrogen and oxygen atoms in total. The molecule has 1 aliphatic heterocycles. The molecule has 1 N–H and O–H groups in total. The number of benzene rings is 1. The molecule has 1 aromatic rings. The van der Waals surface area contributed by atoms with Crippen molar-refractivity contribution in [3.05, 3.63) is 29.8 Å². The van der Waals surface area contributed by atoms with Gasteiger partial charge in [-0.1, -0.05) is 37.5 Å². The van der Waals surface area contributed by atoms with E-state index >= 15 is 0 Å². The van der Waals surface area contributed by atoms with Crippen LogP contribution in [0.1, 0.15) is 58.4 Å². The van der Waals surface area contributed by atoms with Crippen molar-refractivity contribution in [1.82, 2.24) is 10.2 Å². The van der Waals surface area contributed by atoms with Gasteiger partial charge in [0.15, 0.2) is 6.61 Å². The zero-order chi connectivity index (χ0) is 18.7. The minimum Gasteiger partial charge on any atom is -0.483 e. The quantitative estimate of drug-likeness (QED) is 0.902. The molecular weight excluding hydrogens is 328 g/mol. The maximum Gasteiger partial charge on any atom is 0.261 e. The lowest BCUT2D eigenvalue weighted by Crippen LogP contribution is -2.57. The molecule has 1 heterocycles. The summed E-state index contributed by atoms with van der Waals surface area (Å²) in [6.07, 6.45) is 5.45. The number of para-hydroxylation sites is 1. The summed E-state index contributed by atoms with van der Waals surface area (Å²) in [5, 5.41) is 3.11. The van der Waals surface area contributed by atoms with E-state index in [-0.39, 0.29) is 29.9 Å². The van der Waals surface area contributed by atoms with Crippen molar-refractivity contribution in [2.45, 2.75) is 71.0 Å². The van der Waals surface area contributed by atoms with Crippen LogP contribution in [0, 0.1) is 5.92 Å². The molecule has 1 saturated carbocycles. The monoisotopic (exact) mass is 358 g/mol. The summed E-state index contributed by atoms with van der Waals surface area (Å²) in [5.41, 5.74) is 0.635. The second-order valence-corrected chi connectivity index (χ2v) is 8.50. The van der Waals surface area contributed by atoms with Gasteiger partial charge in [-0.25, -0.2) is 0 Å². The molecule has 2 aliphatic rings. The van der Waals surface area contributed by atoms with Gasteiger partial charge in [-0.05, 0) is 45.6 Å². The van der Waals surface area contributed by atoms with Gasteiger partial charge in [0.05, 0.1) is 6.54 Å². The van der Waals surface area contributed by atoms with Gasteiger partial charge in [-0.15, -0.1) is 0 Å². The molecular formula is C21H30N2O3. The van der Waals surface area contributed by atoms with E-state index in [1.807, 2.05) is 45.0 Å². The fourth-order valence-electron chi connectivity index (χ4n) is 4.03. The molecule has 0 saturated heterocycles. The molecule has 2 amide bonds. The summed E-state index contributed by atoms with van der Waals surface area (Å²) in [6.45, 7) is 6.35. The van der Waals surface area contributed by atoms with Crippen LogP contribution in [-0.2, 0) is 16.1 Å². The molecule has 1 atom stereocenters. The zero-order valence-electron chi connectivity index (χ0n) is 16.1. The van der Waals surface area contributed by atoms with E-state index in [1.54, 1.807) is 4.90 Å². The number of carbonyl (C=O) groups excluding carboxylic acids is 2. The molecule has 0 radical (unpaired) electrons. The Morgan fingerprint density at radius 1 is 1.19 bits per heavy atom. The third-order valence-electron chi connectivity index (χ3n) is 5.18. The predicted octanol–water partition coefficient (Wildman–Crippen LogP) is 3.27. The zero-order valence-corrected chi connectivity index (χ0v) is 16.1. The summed E-state index contributed by atoms with van der Waals surface area (Å²) < 4.78 is 5.69. The van der Waals surface area contributed by atoms with E-state index in [0.717, 1.165) is 37.0 Å². The molecule has 26 heavy (non-hydrogen) atoms. The normalized spacial score (nSPS) is 20.0. The van der Waals surface area contributed by atoms with Gasteiger partial charge in [-0.2, -0.15) is 0 Å². The first kappa shape index (κ1) is 18.7. The number of hydrogen-bond acceptors (Lipinski definition) is 3. The van der Waals surface area contributed by atoms with E-state index < -0.39 is 6.04 Å². The predicted molar refractivity (Wildman–Crippen MR) is 101 cm³/mol. The molecule has 1 aliphatic carbocycles. The highest BCUT2D eigenvalue weighted by atomic mass is 16.5. The van der Waals surface area contributed by atoms with Gasteiger partial charge in [0, 0.05) is 11.1 Å². The standard InChI is InChI=1S/C21H30N2O3/c1-21(2,3)22-20(25)19(15-9-5-4-6-10-15)23-13-16-11-7-8-12-17(16)26-14-18(23)24/h7-8,11-12,15,19H,4-6,9-10,13-14H2,1-3H3,(H,22,25). The van der Waals surface area contributed by atoms with Crippen LogP contribution in [0.15, 0.2) is 24.3 Å². The van der Waals surface area contributed by atoms with E-state index in [2.05, 4.69) is 5.32 Å². The summed E-state index contributed by atoms with van der Waals surface area (Å²) in [6, 6.07) is 7.28. The number of ether oxygens (including phenoxy) is 1. The summed E-state index contributed by atoms with van der Waals surface area (Å²) in [7, 11) is 0. The van der Waals surface area contributed by atoms with Crippen LogP contribution in [0.4, 0.5) is 0 Å². The molecule has 3 rings (SSSR count). The van der Waals surface area contributed by atoms with Crippen molar-refractivity contribution in [3.8, 4) is 5.75 Å². The van der Waals surface area contributed by atoms with Crippen molar-refractivity contribution >= 4 is 11.8 Å². The fraction of sp³-hybridized carbons (Fsp3) is 0.619. The molecule has 1 unspecified atom stereocenters. The van der Waals surface area contributed by atoms with Crippen LogP contribution in [0.3, 0.4) is 0 Å². The number of fused-ring (bicyclic) bond motifs is 1. The van der Waals surface area contributed by atoms with Crippen molar-refractivity contribution in [3.63, 3.8) is 0 Å². The number of hydrogen-bond donors (Lipinski definition) is 1. The summed E-state index contributed by atoms with van der Waals surface area (Å²) in [4.78, 5) is 27.8. The minimum atomic E-state index is -0.434. The number of rotatable bonds is 3. The Kier molecular flexibility index (Phi) is 5.54. The van der Waals surface area contributed by atoms with Crippen molar-refractivity contribution in [1.29, 1.82) is 0 Å². The summed E-state index contributed by atoms with van der Waals surface area (Å²) >= 11 is 0. The van der Waals surface area contributed by atoms with E-state index in [0.29, 0.717) is 6.54 Å². The Morgan fingerprint density at radius 2 is 1.88 bits per heavy atom. The third-order valence-corrected chi connectivity index (χ3v) is 5.18. The Morgan fingerprint density at radius 3 is 2.58 bits per heavy atom. The molecule has 0 aromatic heterocycles. The van der Waals surface area contributed by atoms with Gasteiger partial charge >= 0.3 is 0 Å². The average Bonchev–Trinajstić information content (AvgIpc) is 2.74. The maximum absolute atomic E-state index is 13.2. The molecule has 0 bridgehead atoms. The second kappa shape index (κ2) is 7.68. The molecule has 1 fully saturated rings. The van der Waals surface area contributed by atoms with Crippen LogP contribution in [-0.4, -0.2) is 34.9 Å². The Balaban J connectivity index is 1.91. The number of amides is 2. The smallest absolute Gasteiger partial charge is 0.261 e. The van der Waals surface area contributed by atoms with Crippen LogP contribution in [0.5, 0.6) is 5.75 Å². The van der Waals surface area contributed by atoms with Crippen LogP contribution in [0.25, 0.3) is 0 Å². The van der Waals surface area contributed by atoms with Crippen LogP contribution in [0.2, 0.25) is 0 Å². The van der Waals surface area contributed by atoms with Crippen molar-refractivity contribution in [2.24, 2.45) is 5.92 Å². The lowest BCUT2D eigenvalue weighted by molar-refractivity contribution is -0.145. The first-order valence-electron chi connectivity index (χ1n) is 9.67. The lowest BCUT2D eigenvalue weighted by atomic mass is 9.82. The SMILES string of the molecule is CC(C)(C)NC(=O)C(C1CCCCC1)N1Cc2ccccc2OCC1=O. The number of carbonyl (C=O) groups is 2. The Hall–Kier alpha value is -2.04. The second-order valence-electron chi connectivity index (χ2n) is 8.50. The molecule has 1 aromatic carbocycles. The van der Waals surface area contributed by atoms with Crippen LogP contribution < -0.4 is 10.1 Å². The highest BCUT2D eigenvalue weighted by Gasteiger charge is 2.39. The van der Waals surface area contributed by atoms with Crippen LogP contribution >= 0.6 is 0 Å². The van der Waals surface area contributed by atoms with Gasteiger partial charge in [0.2, 0.25) is 5.91 Å². The highest BCUT2D eigenvalue weighted by molar-refractivity contribution is 5.89. The van der Waals surface area contributed by atoms with E-state index in [1.165, 1.54) is 6.42 Å². The topological polar surface area (TPSA) is 58.6 Å². The van der Waals surface area contributed by atoms with Gasteiger partial charge in [-0.3, -0.25) is 9.59 Å². The minimum absolute atomic E-state index is 0.0109. The molecule has 5 heteroatoms. The molecule has 142 valence electrons. The van der Waals surface area contributed by atoms with Crippen molar-refractivity contribution in [2.75, 3.05) is 6.61 Å². The first-order valence-corrected chi connectivity index (χ1v) is 9.67. The van der Waals surface area contributed by atoms with E-state index in [4.69, 9.17) is 4.74 Å². The maximum atomic E-state index is 13.2. The number of nitrogens with zero attached hydrogens (tertiary/aromatic N) is 1. The van der Waals surface area contributed by atoms with Gasteiger partial charge in [0.25, 0.3) is 5.91 Å².